The van der Waals surface area contributed by atoms with Crippen LogP contribution in [0, 0.1) is 0 Å². The molecule has 2 heteroatoms. The fourth-order valence-corrected chi connectivity index (χ4v) is 2.42. The Balaban J connectivity index is 0.00000169. The Bertz CT molecular complexity index is 130. The summed E-state index contributed by atoms with van der Waals surface area (Å²) in [6, 6.07) is 0. The van der Waals surface area contributed by atoms with E-state index in [0.717, 1.165) is 0 Å². The van der Waals surface area contributed by atoms with Gasteiger partial charge < -0.3 is 28.5 Å². The second kappa shape index (κ2) is 7.91. The molecule has 0 saturated carbocycles. The number of likely N-dealkylation sites (tertiary alicyclic amines) is 1. The second-order valence-corrected chi connectivity index (χ2v) is 4.91. The van der Waals surface area contributed by atoms with Gasteiger partial charge in [0.15, 0.2) is 0 Å². The summed E-state index contributed by atoms with van der Waals surface area (Å²) in [6.07, 6.45) is 10.1. The third-order valence-electron chi connectivity index (χ3n) is 3.45. The monoisotopic (exact) mass is 311 g/mol. The molecule has 0 N–H and O–H groups in total. The molecular formula is C12H26IN. The van der Waals surface area contributed by atoms with Crippen LogP contribution in [0.2, 0.25) is 0 Å². The minimum Gasteiger partial charge on any atom is -1.00 e. The Kier molecular flexibility index (Phi) is 8.30. The van der Waals surface area contributed by atoms with E-state index in [-0.39, 0.29) is 24.0 Å². The number of rotatable bonds is 6. The summed E-state index contributed by atoms with van der Waals surface area (Å²) >= 11 is 0. The largest absolute Gasteiger partial charge is 1.00 e. The van der Waals surface area contributed by atoms with Crippen molar-refractivity contribution in [3.05, 3.63) is 0 Å². The van der Waals surface area contributed by atoms with Gasteiger partial charge in [0.25, 0.3) is 0 Å². The first-order chi connectivity index (χ1) is 6.27. The summed E-state index contributed by atoms with van der Waals surface area (Å²) in [7, 11) is 2.44. The molecule has 1 saturated heterocycles. The van der Waals surface area contributed by atoms with Gasteiger partial charge in [-0.1, -0.05) is 26.2 Å². The van der Waals surface area contributed by atoms with E-state index in [1.807, 2.05) is 0 Å². The fourth-order valence-electron chi connectivity index (χ4n) is 2.42. The van der Waals surface area contributed by atoms with Crippen molar-refractivity contribution in [3.8, 4) is 0 Å². The third-order valence-corrected chi connectivity index (χ3v) is 3.45. The highest BCUT2D eigenvalue weighted by Crippen LogP contribution is 2.17. The number of hydrogen-bond acceptors (Lipinski definition) is 0. The minimum atomic E-state index is 0. The molecule has 1 rings (SSSR count). The van der Waals surface area contributed by atoms with Gasteiger partial charge in [0.2, 0.25) is 0 Å². The van der Waals surface area contributed by atoms with Crippen LogP contribution in [-0.4, -0.2) is 31.2 Å². The highest BCUT2D eigenvalue weighted by molar-refractivity contribution is 4.52. The number of nitrogens with zero attached hydrogens (tertiary/aromatic N) is 1. The molecule has 0 aromatic rings. The zero-order chi connectivity index (χ0) is 9.57. The average Bonchev–Trinajstić information content (AvgIpc) is 2.53. The lowest BCUT2D eigenvalue weighted by Gasteiger charge is -2.29. The van der Waals surface area contributed by atoms with Crippen LogP contribution < -0.4 is 24.0 Å². The van der Waals surface area contributed by atoms with Crippen molar-refractivity contribution < 1.29 is 28.5 Å². The summed E-state index contributed by atoms with van der Waals surface area (Å²) in [4.78, 5) is 0. The van der Waals surface area contributed by atoms with E-state index in [1.165, 1.54) is 69.1 Å². The summed E-state index contributed by atoms with van der Waals surface area (Å²) in [5.74, 6) is 0. The first kappa shape index (κ1) is 14.7. The number of quaternary nitrogens is 1. The van der Waals surface area contributed by atoms with E-state index < -0.39 is 0 Å². The SMILES string of the molecule is CCCCCCC[N+]1(C)CCCC1.[I-]. The van der Waals surface area contributed by atoms with Crippen LogP contribution in [0.3, 0.4) is 0 Å². The van der Waals surface area contributed by atoms with Gasteiger partial charge in [0, 0.05) is 12.8 Å². The zero-order valence-corrected chi connectivity index (χ0v) is 12.1. The van der Waals surface area contributed by atoms with Crippen molar-refractivity contribution in [1.29, 1.82) is 0 Å². The minimum absolute atomic E-state index is 0. The fraction of sp³-hybridized carbons (Fsp3) is 1.00. The molecule has 1 fully saturated rings. The Morgan fingerprint density at radius 3 is 2.07 bits per heavy atom. The van der Waals surface area contributed by atoms with Crippen molar-refractivity contribution >= 4 is 0 Å². The molecule has 1 aliphatic heterocycles. The third kappa shape index (κ3) is 5.54. The van der Waals surface area contributed by atoms with Gasteiger partial charge in [-0.15, -0.1) is 0 Å². The summed E-state index contributed by atoms with van der Waals surface area (Å²) in [5, 5.41) is 0. The van der Waals surface area contributed by atoms with Crippen molar-refractivity contribution in [3.63, 3.8) is 0 Å². The van der Waals surface area contributed by atoms with Gasteiger partial charge in [-0.25, -0.2) is 0 Å². The molecule has 14 heavy (non-hydrogen) atoms. The predicted octanol–water partition coefficient (Wildman–Crippen LogP) is 0.201. The van der Waals surface area contributed by atoms with Crippen LogP contribution in [0.1, 0.15) is 51.9 Å². The van der Waals surface area contributed by atoms with Crippen molar-refractivity contribution in [2.75, 3.05) is 26.7 Å². The maximum Gasteiger partial charge on any atom is 0.0786 e. The van der Waals surface area contributed by atoms with Crippen molar-refractivity contribution in [2.45, 2.75) is 51.9 Å². The smallest absolute Gasteiger partial charge is 0.0786 e. The molecule has 0 spiro atoms. The Morgan fingerprint density at radius 2 is 1.50 bits per heavy atom. The Labute approximate surface area is 107 Å². The van der Waals surface area contributed by atoms with Crippen LogP contribution in [0.5, 0.6) is 0 Å². The van der Waals surface area contributed by atoms with Gasteiger partial charge in [0.1, 0.15) is 0 Å². The molecule has 1 aliphatic rings. The maximum absolute atomic E-state index is 2.44. The number of unbranched alkanes of at least 4 members (excludes halogenated alkanes) is 4. The lowest BCUT2D eigenvalue weighted by Crippen LogP contribution is -3.00. The topological polar surface area (TPSA) is 0 Å². The molecule has 1 heterocycles. The van der Waals surface area contributed by atoms with Gasteiger partial charge in [0.05, 0.1) is 26.7 Å². The first-order valence-electron chi connectivity index (χ1n) is 6.10. The van der Waals surface area contributed by atoms with Gasteiger partial charge in [-0.05, 0) is 12.8 Å². The van der Waals surface area contributed by atoms with Crippen LogP contribution in [0.15, 0.2) is 0 Å². The average molecular weight is 311 g/mol. The highest BCUT2D eigenvalue weighted by Gasteiger charge is 2.25. The molecule has 0 amide bonds. The maximum atomic E-state index is 2.44. The first-order valence-corrected chi connectivity index (χ1v) is 6.10. The quantitative estimate of drug-likeness (QED) is 0.374. The lowest BCUT2D eigenvalue weighted by atomic mass is 10.1. The number of halogens is 1. The van der Waals surface area contributed by atoms with Crippen molar-refractivity contribution in [1.82, 2.24) is 0 Å². The van der Waals surface area contributed by atoms with Gasteiger partial charge in [-0.2, -0.15) is 0 Å². The van der Waals surface area contributed by atoms with Crippen LogP contribution in [0.25, 0.3) is 0 Å². The molecule has 86 valence electrons. The zero-order valence-electron chi connectivity index (χ0n) is 9.90. The van der Waals surface area contributed by atoms with E-state index in [0.29, 0.717) is 0 Å². The van der Waals surface area contributed by atoms with E-state index >= 15 is 0 Å². The summed E-state index contributed by atoms with van der Waals surface area (Å²) in [5.41, 5.74) is 0. The highest BCUT2D eigenvalue weighted by atomic mass is 127. The molecule has 0 atom stereocenters. The number of hydrogen-bond donors (Lipinski definition) is 0. The van der Waals surface area contributed by atoms with Gasteiger partial charge in [-0.3, -0.25) is 0 Å². The summed E-state index contributed by atoms with van der Waals surface area (Å²) in [6.45, 7) is 6.60. The molecular weight excluding hydrogens is 285 g/mol. The van der Waals surface area contributed by atoms with E-state index in [4.69, 9.17) is 0 Å². The molecule has 0 radical (unpaired) electrons. The molecule has 0 unspecified atom stereocenters. The normalized spacial score (nSPS) is 19.3. The predicted molar refractivity (Wildman–Crippen MR) is 58.8 cm³/mol. The lowest BCUT2D eigenvalue weighted by molar-refractivity contribution is -0.897. The van der Waals surface area contributed by atoms with E-state index in [9.17, 15) is 0 Å². The second-order valence-electron chi connectivity index (χ2n) is 4.91. The Morgan fingerprint density at radius 1 is 0.929 bits per heavy atom. The van der Waals surface area contributed by atoms with Crippen molar-refractivity contribution in [2.24, 2.45) is 0 Å². The molecule has 0 aliphatic carbocycles. The summed E-state index contributed by atoms with van der Waals surface area (Å²) < 4.78 is 1.37. The van der Waals surface area contributed by atoms with Gasteiger partial charge >= 0.3 is 0 Å². The Hall–Kier alpha value is 0.690. The molecule has 1 nitrogen and oxygen atoms in total. The molecule has 0 aromatic heterocycles. The molecule has 0 bridgehead atoms. The standard InChI is InChI=1S/C12H26N.HI/c1-3-4-5-6-7-10-13(2)11-8-9-12-13;/h3-12H2,1-2H3;1H/q+1;/p-1. The van der Waals surface area contributed by atoms with Crippen LogP contribution >= 0.6 is 0 Å². The van der Waals surface area contributed by atoms with Crippen LogP contribution in [0.4, 0.5) is 0 Å². The van der Waals surface area contributed by atoms with Crippen LogP contribution in [-0.2, 0) is 0 Å². The van der Waals surface area contributed by atoms with E-state index in [2.05, 4.69) is 14.0 Å². The molecule has 0 aromatic carbocycles. The van der Waals surface area contributed by atoms with E-state index in [1.54, 1.807) is 0 Å².